The van der Waals surface area contributed by atoms with Crippen LogP contribution in [-0.4, -0.2) is 35.4 Å². The molecular weight excluding hydrogens is 514 g/mol. The molecule has 0 heterocycles. The zero-order valence-corrected chi connectivity index (χ0v) is 21.9. The molecule has 1 fully saturated rings. The number of amides is 2. The Morgan fingerprint density at radius 1 is 1.00 bits per heavy atom. The van der Waals surface area contributed by atoms with Crippen LogP contribution >= 0.6 is 23.2 Å². The second-order valence-electron chi connectivity index (χ2n) is 9.20. The van der Waals surface area contributed by atoms with E-state index in [0.29, 0.717) is 27.8 Å². The van der Waals surface area contributed by atoms with E-state index in [0.717, 1.165) is 31.2 Å². The standard InChI is InChI=1S/C29H29Cl2FN2O3/c30-22-11-10-21(26(31)17-22)18-34(28(35)19-37-25-14-12-23(32)13-15-25)27(16-20-6-2-1-3-7-20)29(36)33-24-8-4-5-9-24/h1-3,6-7,10-15,17,24,27H,4-5,8-9,16,18-19H2,(H,33,36)/t27-/m1/s1. The molecule has 3 aromatic rings. The number of carbonyl (C=O) groups excluding carboxylic acids is 2. The lowest BCUT2D eigenvalue weighted by Crippen LogP contribution is -2.53. The highest BCUT2D eigenvalue weighted by atomic mass is 35.5. The summed E-state index contributed by atoms with van der Waals surface area (Å²) in [6.07, 6.45) is 4.32. The van der Waals surface area contributed by atoms with Gasteiger partial charge in [-0.1, -0.05) is 72.4 Å². The molecule has 1 aliphatic rings. The van der Waals surface area contributed by atoms with Crippen LogP contribution in [0.25, 0.3) is 0 Å². The van der Waals surface area contributed by atoms with Gasteiger partial charge in [0.25, 0.3) is 5.91 Å². The molecule has 1 aliphatic carbocycles. The van der Waals surface area contributed by atoms with Crippen molar-refractivity contribution < 1.29 is 18.7 Å². The first-order valence-electron chi connectivity index (χ1n) is 12.3. The van der Waals surface area contributed by atoms with Gasteiger partial charge in [0.2, 0.25) is 5.91 Å². The van der Waals surface area contributed by atoms with Gasteiger partial charge in [-0.3, -0.25) is 9.59 Å². The van der Waals surface area contributed by atoms with E-state index >= 15 is 0 Å². The maximum absolute atomic E-state index is 13.6. The highest BCUT2D eigenvalue weighted by Crippen LogP contribution is 2.25. The smallest absolute Gasteiger partial charge is 0.261 e. The minimum Gasteiger partial charge on any atom is -0.484 e. The SMILES string of the molecule is O=C(NC1CCCC1)[C@@H](Cc1ccccc1)N(Cc1ccc(Cl)cc1Cl)C(=O)COc1ccc(F)cc1. The van der Waals surface area contributed by atoms with Crippen molar-refractivity contribution in [1.82, 2.24) is 10.2 Å². The summed E-state index contributed by atoms with van der Waals surface area (Å²) in [6.45, 7) is -0.226. The normalized spacial score (nSPS) is 14.2. The van der Waals surface area contributed by atoms with Gasteiger partial charge in [-0.2, -0.15) is 0 Å². The molecule has 0 aromatic heterocycles. The van der Waals surface area contributed by atoms with E-state index in [1.807, 2.05) is 30.3 Å². The molecule has 2 amide bonds. The average molecular weight is 543 g/mol. The van der Waals surface area contributed by atoms with Crippen molar-refractivity contribution >= 4 is 35.0 Å². The van der Waals surface area contributed by atoms with Crippen LogP contribution in [0, 0.1) is 5.82 Å². The van der Waals surface area contributed by atoms with Crippen molar-refractivity contribution in [1.29, 1.82) is 0 Å². The number of hydrogen-bond acceptors (Lipinski definition) is 3. The highest BCUT2D eigenvalue weighted by Gasteiger charge is 2.32. The molecule has 0 spiro atoms. The number of halogens is 3. The first kappa shape index (κ1) is 27.0. The van der Waals surface area contributed by atoms with E-state index in [-0.39, 0.29) is 25.1 Å². The maximum atomic E-state index is 13.6. The summed E-state index contributed by atoms with van der Waals surface area (Å²) >= 11 is 12.5. The molecule has 4 rings (SSSR count). The topological polar surface area (TPSA) is 58.6 Å². The summed E-state index contributed by atoms with van der Waals surface area (Å²) in [5.41, 5.74) is 1.58. The van der Waals surface area contributed by atoms with Gasteiger partial charge in [-0.15, -0.1) is 0 Å². The van der Waals surface area contributed by atoms with Crippen molar-refractivity contribution in [3.8, 4) is 5.75 Å². The fraction of sp³-hybridized carbons (Fsp3) is 0.310. The van der Waals surface area contributed by atoms with Crippen LogP contribution in [0.2, 0.25) is 10.0 Å². The number of nitrogens with one attached hydrogen (secondary N) is 1. The zero-order chi connectivity index (χ0) is 26.2. The van der Waals surface area contributed by atoms with Gasteiger partial charge >= 0.3 is 0 Å². The molecule has 8 heteroatoms. The number of nitrogens with zero attached hydrogens (tertiary/aromatic N) is 1. The molecular formula is C29H29Cl2FN2O3. The molecule has 0 unspecified atom stereocenters. The largest absolute Gasteiger partial charge is 0.484 e. The Labute approximate surface area is 226 Å². The number of carbonyl (C=O) groups is 2. The molecule has 5 nitrogen and oxygen atoms in total. The summed E-state index contributed by atoms with van der Waals surface area (Å²) in [7, 11) is 0. The monoisotopic (exact) mass is 542 g/mol. The average Bonchev–Trinajstić information content (AvgIpc) is 3.40. The predicted octanol–water partition coefficient (Wildman–Crippen LogP) is 6.21. The fourth-order valence-electron chi connectivity index (χ4n) is 4.51. The zero-order valence-electron chi connectivity index (χ0n) is 20.3. The number of ether oxygens (including phenoxy) is 1. The van der Waals surface area contributed by atoms with Crippen LogP contribution in [0.5, 0.6) is 5.75 Å². The van der Waals surface area contributed by atoms with Gasteiger partial charge < -0.3 is 15.0 Å². The highest BCUT2D eigenvalue weighted by molar-refractivity contribution is 6.35. The molecule has 0 aliphatic heterocycles. The lowest BCUT2D eigenvalue weighted by Gasteiger charge is -2.32. The molecule has 3 aromatic carbocycles. The number of rotatable bonds is 10. The Hall–Kier alpha value is -3.09. The van der Waals surface area contributed by atoms with Gasteiger partial charge in [0.05, 0.1) is 0 Å². The molecule has 194 valence electrons. The lowest BCUT2D eigenvalue weighted by atomic mass is 10.0. The molecule has 1 atom stereocenters. The minimum absolute atomic E-state index is 0.0944. The van der Waals surface area contributed by atoms with Crippen molar-refractivity contribution in [3.63, 3.8) is 0 Å². The predicted molar refractivity (Wildman–Crippen MR) is 143 cm³/mol. The third-order valence-corrected chi connectivity index (χ3v) is 7.09. The lowest BCUT2D eigenvalue weighted by molar-refractivity contribution is -0.143. The Morgan fingerprint density at radius 3 is 2.38 bits per heavy atom. The second kappa shape index (κ2) is 12.9. The minimum atomic E-state index is -0.793. The van der Waals surface area contributed by atoms with Crippen LogP contribution in [-0.2, 0) is 22.6 Å². The summed E-state index contributed by atoms with van der Waals surface area (Å²) in [5, 5.41) is 4.03. The summed E-state index contributed by atoms with van der Waals surface area (Å²) in [6, 6.07) is 19.4. The van der Waals surface area contributed by atoms with Crippen LogP contribution in [0.1, 0.15) is 36.8 Å². The van der Waals surface area contributed by atoms with E-state index in [1.165, 1.54) is 29.2 Å². The van der Waals surface area contributed by atoms with E-state index in [2.05, 4.69) is 5.32 Å². The van der Waals surface area contributed by atoms with Crippen molar-refractivity contribution in [2.24, 2.45) is 0 Å². The summed E-state index contributed by atoms with van der Waals surface area (Å²) < 4.78 is 19.0. The van der Waals surface area contributed by atoms with E-state index < -0.39 is 17.8 Å². The van der Waals surface area contributed by atoms with E-state index in [1.54, 1.807) is 18.2 Å². The third-order valence-electron chi connectivity index (χ3n) is 6.50. The number of benzene rings is 3. The van der Waals surface area contributed by atoms with E-state index in [4.69, 9.17) is 27.9 Å². The van der Waals surface area contributed by atoms with Crippen molar-refractivity contribution in [2.75, 3.05) is 6.61 Å². The van der Waals surface area contributed by atoms with Gasteiger partial charge in [-0.25, -0.2) is 4.39 Å². The first-order valence-corrected chi connectivity index (χ1v) is 13.1. The Bertz CT molecular complexity index is 1200. The van der Waals surface area contributed by atoms with E-state index in [9.17, 15) is 14.0 Å². The van der Waals surface area contributed by atoms with Gasteiger partial charge in [0.1, 0.15) is 17.6 Å². The molecule has 0 saturated heterocycles. The third kappa shape index (κ3) is 7.70. The summed E-state index contributed by atoms with van der Waals surface area (Å²) in [4.78, 5) is 28.8. The quantitative estimate of drug-likeness (QED) is 0.331. The molecule has 1 saturated carbocycles. The van der Waals surface area contributed by atoms with Crippen LogP contribution in [0.4, 0.5) is 4.39 Å². The van der Waals surface area contributed by atoms with Gasteiger partial charge in [-0.05, 0) is 60.4 Å². The molecule has 1 N–H and O–H groups in total. The maximum Gasteiger partial charge on any atom is 0.261 e. The van der Waals surface area contributed by atoms with Gasteiger partial charge in [0, 0.05) is 29.1 Å². The van der Waals surface area contributed by atoms with Crippen molar-refractivity contribution in [3.05, 3.63) is 99.8 Å². The van der Waals surface area contributed by atoms with Gasteiger partial charge in [0.15, 0.2) is 6.61 Å². The molecule has 37 heavy (non-hydrogen) atoms. The fourth-order valence-corrected chi connectivity index (χ4v) is 4.98. The summed E-state index contributed by atoms with van der Waals surface area (Å²) in [5.74, 6) is -0.646. The van der Waals surface area contributed by atoms with Crippen molar-refractivity contribution in [2.45, 2.75) is 50.7 Å². The molecule has 0 radical (unpaired) electrons. The Balaban J connectivity index is 1.63. The Morgan fingerprint density at radius 2 is 1.70 bits per heavy atom. The molecule has 0 bridgehead atoms. The Kier molecular flexibility index (Phi) is 9.42. The van der Waals surface area contributed by atoms with Crippen LogP contribution < -0.4 is 10.1 Å². The van der Waals surface area contributed by atoms with Crippen LogP contribution in [0.15, 0.2) is 72.8 Å². The number of hydrogen-bond donors (Lipinski definition) is 1. The second-order valence-corrected chi connectivity index (χ2v) is 10.0. The first-order chi connectivity index (χ1) is 17.9. The van der Waals surface area contributed by atoms with Crippen LogP contribution in [0.3, 0.4) is 0 Å².